The minimum Gasteiger partial charge on any atom is -0.370 e. The van der Waals surface area contributed by atoms with Gasteiger partial charge in [0.1, 0.15) is 0 Å². The number of hydrogen-bond acceptors (Lipinski definition) is 2. The molecule has 0 radical (unpaired) electrons. The van der Waals surface area contributed by atoms with Gasteiger partial charge in [0, 0.05) is 37.9 Å². The zero-order chi connectivity index (χ0) is 13.0. The Morgan fingerprint density at radius 2 is 1.72 bits per heavy atom. The van der Waals surface area contributed by atoms with Crippen LogP contribution < -0.4 is 10.6 Å². The van der Waals surface area contributed by atoms with E-state index in [1.54, 1.807) is 0 Å². The van der Waals surface area contributed by atoms with Crippen molar-refractivity contribution in [3.63, 3.8) is 0 Å². The molecule has 1 aliphatic rings. The van der Waals surface area contributed by atoms with Crippen LogP contribution in [0.3, 0.4) is 0 Å². The molecule has 1 heterocycles. The van der Waals surface area contributed by atoms with E-state index in [9.17, 15) is 0 Å². The van der Waals surface area contributed by atoms with Crippen LogP contribution in [0.5, 0.6) is 0 Å². The predicted octanol–water partition coefficient (Wildman–Crippen LogP) is 1.53. The molecule has 0 bridgehead atoms. The maximum Gasteiger partial charge on any atom is 0.191 e. The third-order valence-corrected chi connectivity index (χ3v) is 3.12. The van der Waals surface area contributed by atoms with Gasteiger partial charge in [-0.25, -0.2) is 0 Å². The number of benzene rings is 1. The summed E-state index contributed by atoms with van der Waals surface area (Å²) in [5.41, 5.74) is 7.28. The van der Waals surface area contributed by atoms with E-state index in [-0.39, 0.29) is 6.04 Å². The molecule has 98 valence electrons. The average molecular weight is 246 g/mol. The largest absolute Gasteiger partial charge is 0.370 e. The minimum atomic E-state index is 0.261. The molecule has 0 spiro atoms. The number of anilines is 1. The van der Waals surface area contributed by atoms with Crippen LogP contribution in [0.1, 0.15) is 13.8 Å². The summed E-state index contributed by atoms with van der Waals surface area (Å²) in [6, 6.07) is 10.8. The van der Waals surface area contributed by atoms with Crippen molar-refractivity contribution < 1.29 is 0 Å². The molecule has 1 fully saturated rings. The van der Waals surface area contributed by atoms with Crippen LogP contribution in [-0.4, -0.2) is 43.1 Å². The third kappa shape index (κ3) is 3.15. The molecule has 4 heteroatoms. The Balaban J connectivity index is 1.92. The third-order valence-electron chi connectivity index (χ3n) is 3.12. The monoisotopic (exact) mass is 246 g/mol. The smallest absolute Gasteiger partial charge is 0.191 e. The molecule has 0 atom stereocenters. The predicted molar refractivity (Wildman–Crippen MR) is 77.0 cm³/mol. The summed E-state index contributed by atoms with van der Waals surface area (Å²) < 4.78 is 0. The first-order valence-corrected chi connectivity index (χ1v) is 6.55. The van der Waals surface area contributed by atoms with Crippen molar-refractivity contribution in [1.29, 1.82) is 0 Å². The topological polar surface area (TPSA) is 44.9 Å². The van der Waals surface area contributed by atoms with Crippen molar-refractivity contribution in [3.8, 4) is 0 Å². The van der Waals surface area contributed by atoms with Crippen LogP contribution in [0, 0.1) is 0 Å². The van der Waals surface area contributed by atoms with Crippen molar-refractivity contribution in [2.45, 2.75) is 19.9 Å². The Hall–Kier alpha value is -1.71. The van der Waals surface area contributed by atoms with Crippen molar-refractivity contribution >= 4 is 11.6 Å². The van der Waals surface area contributed by atoms with Crippen molar-refractivity contribution in [1.82, 2.24) is 4.90 Å². The van der Waals surface area contributed by atoms with Crippen molar-refractivity contribution in [2.75, 3.05) is 31.1 Å². The number of aliphatic imine (C=N–C) groups is 1. The standard InChI is InChI=1S/C14H22N4/c1-12(2)16-14(15)18-10-8-17(9-11-18)13-6-4-3-5-7-13/h3-7,12H,8-11H2,1-2H3,(H2,15,16). The van der Waals surface area contributed by atoms with E-state index in [1.807, 2.05) is 19.9 Å². The molecule has 0 aromatic heterocycles. The summed E-state index contributed by atoms with van der Waals surface area (Å²) in [5.74, 6) is 0.678. The van der Waals surface area contributed by atoms with Crippen LogP contribution in [0.15, 0.2) is 35.3 Å². The second-order valence-electron chi connectivity index (χ2n) is 4.89. The molecule has 1 aromatic carbocycles. The summed E-state index contributed by atoms with van der Waals surface area (Å²) in [6.07, 6.45) is 0. The molecule has 1 aliphatic heterocycles. The van der Waals surface area contributed by atoms with Crippen molar-refractivity contribution in [2.24, 2.45) is 10.7 Å². The molecule has 0 unspecified atom stereocenters. The molecule has 18 heavy (non-hydrogen) atoms. The van der Waals surface area contributed by atoms with Crippen LogP contribution in [0.4, 0.5) is 5.69 Å². The lowest BCUT2D eigenvalue weighted by Gasteiger charge is -2.36. The molecule has 2 N–H and O–H groups in total. The summed E-state index contributed by atoms with van der Waals surface area (Å²) >= 11 is 0. The Kier molecular flexibility index (Phi) is 4.07. The first-order chi connectivity index (χ1) is 8.66. The molecular formula is C14H22N4. The van der Waals surface area contributed by atoms with E-state index >= 15 is 0 Å². The molecule has 1 aromatic rings. The van der Waals surface area contributed by atoms with E-state index in [0.29, 0.717) is 5.96 Å². The van der Waals surface area contributed by atoms with Crippen LogP contribution in [0.25, 0.3) is 0 Å². The van der Waals surface area contributed by atoms with Gasteiger partial charge in [0.25, 0.3) is 0 Å². The molecule has 2 rings (SSSR count). The van der Waals surface area contributed by atoms with Gasteiger partial charge in [0.15, 0.2) is 5.96 Å². The van der Waals surface area contributed by atoms with E-state index in [2.05, 4.69) is 39.1 Å². The van der Waals surface area contributed by atoms with Gasteiger partial charge in [0.05, 0.1) is 0 Å². The highest BCUT2D eigenvalue weighted by molar-refractivity contribution is 5.78. The van der Waals surface area contributed by atoms with Gasteiger partial charge < -0.3 is 15.5 Å². The fourth-order valence-electron chi connectivity index (χ4n) is 2.18. The summed E-state index contributed by atoms with van der Waals surface area (Å²) in [6.45, 7) is 7.98. The van der Waals surface area contributed by atoms with Gasteiger partial charge >= 0.3 is 0 Å². The number of piperazine rings is 1. The maximum absolute atomic E-state index is 5.99. The fraction of sp³-hybridized carbons (Fsp3) is 0.500. The van der Waals surface area contributed by atoms with Gasteiger partial charge in [0.2, 0.25) is 0 Å². The lowest BCUT2D eigenvalue weighted by molar-refractivity contribution is 0.379. The SMILES string of the molecule is CC(C)N=C(N)N1CCN(c2ccccc2)CC1. The van der Waals surface area contributed by atoms with Gasteiger partial charge in [-0.15, -0.1) is 0 Å². The number of rotatable bonds is 2. The minimum absolute atomic E-state index is 0.261. The molecule has 0 saturated carbocycles. The maximum atomic E-state index is 5.99. The Morgan fingerprint density at radius 1 is 1.11 bits per heavy atom. The molecular weight excluding hydrogens is 224 g/mol. The Bertz CT molecular complexity index is 392. The van der Waals surface area contributed by atoms with E-state index in [0.717, 1.165) is 26.2 Å². The average Bonchev–Trinajstić information content (AvgIpc) is 2.39. The fourth-order valence-corrected chi connectivity index (χ4v) is 2.18. The Labute approximate surface area is 109 Å². The van der Waals surface area contributed by atoms with Gasteiger partial charge in [-0.05, 0) is 26.0 Å². The van der Waals surface area contributed by atoms with E-state index in [1.165, 1.54) is 5.69 Å². The highest BCUT2D eigenvalue weighted by atomic mass is 15.3. The molecule has 0 amide bonds. The molecule has 4 nitrogen and oxygen atoms in total. The second-order valence-corrected chi connectivity index (χ2v) is 4.89. The highest BCUT2D eigenvalue weighted by Crippen LogP contribution is 2.15. The lowest BCUT2D eigenvalue weighted by Crippen LogP contribution is -2.51. The zero-order valence-electron chi connectivity index (χ0n) is 11.2. The molecule has 0 aliphatic carbocycles. The second kappa shape index (κ2) is 5.76. The first-order valence-electron chi connectivity index (χ1n) is 6.55. The van der Waals surface area contributed by atoms with Gasteiger partial charge in [-0.1, -0.05) is 18.2 Å². The van der Waals surface area contributed by atoms with E-state index < -0.39 is 0 Å². The van der Waals surface area contributed by atoms with Crippen LogP contribution in [0.2, 0.25) is 0 Å². The summed E-state index contributed by atoms with van der Waals surface area (Å²) in [5, 5.41) is 0. The van der Waals surface area contributed by atoms with Crippen LogP contribution in [-0.2, 0) is 0 Å². The van der Waals surface area contributed by atoms with Crippen molar-refractivity contribution in [3.05, 3.63) is 30.3 Å². The number of nitrogens with two attached hydrogens (primary N) is 1. The number of hydrogen-bond donors (Lipinski definition) is 1. The van der Waals surface area contributed by atoms with Crippen LogP contribution >= 0.6 is 0 Å². The Morgan fingerprint density at radius 3 is 2.28 bits per heavy atom. The molecule has 1 saturated heterocycles. The number of guanidine groups is 1. The zero-order valence-corrected chi connectivity index (χ0v) is 11.2. The lowest BCUT2D eigenvalue weighted by atomic mass is 10.2. The van der Waals surface area contributed by atoms with Gasteiger partial charge in [-0.2, -0.15) is 0 Å². The highest BCUT2D eigenvalue weighted by Gasteiger charge is 2.18. The summed E-state index contributed by atoms with van der Waals surface area (Å²) in [4.78, 5) is 8.95. The quantitative estimate of drug-likeness (QED) is 0.636. The normalized spacial score (nSPS) is 17.4. The number of nitrogens with zero attached hydrogens (tertiary/aromatic N) is 3. The first kappa shape index (κ1) is 12.7. The summed E-state index contributed by atoms with van der Waals surface area (Å²) in [7, 11) is 0. The van der Waals surface area contributed by atoms with E-state index in [4.69, 9.17) is 5.73 Å². The van der Waals surface area contributed by atoms with Gasteiger partial charge in [-0.3, -0.25) is 4.99 Å². The number of para-hydroxylation sites is 1.